The third-order valence-corrected chi connectivity index (χ3v) is 1.83. The second kappa shape index (κ2) is 5.39. The van der Waals surface area contributed by atoms with Gasteiger partial charge in [-0.25, -0.2) is 0 Å². The highest BCUT2D eigenvalue weighted by Gasteiger charge is 2.00. The van der Waals surface area contributed by atoms with Crippen LogP contribution < -0.4 is 0 Å². The van der Waals surface area contributed by atoms with E-state index in [1.54, 1.807) is 0 Å². The molecule has 1 aromatic rings. The Morgan fingerprint density at radius 2 is 2.08 bits per heavy atom. The van der Waals surface area contributed by atoms with E-state index < -0.39 is 0 Å². The molecular weight excluding hydrogens is 193 g/mol. The lowest BCUT2D eigenvalue weighted by Gasteiger charge is -2.04. The van der Waals surface area contributed by atoms with Crippen molar-refractivity contribution in [1.82, 2.24) is 4.98 Å². The summed E-state index contributed by atoms with van der Waals surface area (Å²) in [6.07, 6.45) is 0. The second-order valence-corrected chi connectivity index (χ2v) is 3.11. The second-order valence-electron chi connectivity index (χ2n) is 2.84. The molecule has 0 fully saturated rings. The maximum atomic E-state index is 5.64. The summed E-state index contributed by atoms with van der Waals surface area (Å²) >= 11 is 5.64. The third kappa shape index (κ3) is 3.00. The summed E-state index contributed by atoms with van der Waals surface area (Å²) in [5, 5.41) is 0. The van der Waals surface area contributed by atoms with E-state index in [0.717, 1.165) is 11.4 Å². The van der Waals surface area contributed by atoms with Crippen molar-refractivity contribution in [2.45, 2.75) is 25.6 Å². The summed E-state index contributed by atoms with van der Waals surface area (Å²) < 4.78 is 0. The lowest BCUT2D eigenvalue weighted by Crippen LogP contribution is -1.94. The van der Waals surface area contributed by atoms with Crippen molar-refractivity contribution in [3.8, 4) is 0 Å². The molecule has 0 radical (unpaired) electrons. The van der Waals surface area contributed by atoms with Gasteiger partial charge in [-0.1, -0.05) is 19.9 Å². The molecular formula is C9H13Cl2N. The minimum absolute atomic E-state index is 0. The van der Waals surface area contributed by atoms with Gasteiger partial charge in [-0.05, 0) is 18.1 Å². The summed E-state index contributed by atoms with van der Waals surface area (Å²) in [6.45, 7) is 4.25. The highest BCUT2D eigenvalue weighted by Crippen LogP contribution is 2.11. The molecule has 0 aliphatic rings. The van der Waals surface area contributed by atoms with Crippen molar-refractivity contribution in [3.05, 3.63) is 29.6 Å². The molecule has 0 unspecified atom stereocenters. The zero-order chi connectivity index (χ0) is 8.27. The van der Waals surface area contributed by atoms with Crippen LogP contribution in [0.4, 0.5) is 0 Å². The fraction of sp³-hybridized carbons (Fsp3) is 0.444. The number of pyridine rings is 1. The zero-order valence-electron chi connectivity index (χ0n) is 7.25. The van der Waals surface area contributed by atoms with Crippen LogP contribution in [0.25, 0.3) is 0 Å². The molecule has 0 aliphatic carbocycles. The van der Waals surface area contributed by atoms with Crippen LogP contribution in [-0.2, 0) is 5.88 Å². The van der Waals surface area contributed by atoms with Gasteiger partial charge in [0.1, 0.15) is 0 Å². The van der Waals surface area contributed by atoms with Gasteiger partial charge < -0.3 is 0 Å². The molecule has 1 heterocycles. The molecule has 68 valence electrons. The summed E-state index contributed by atoms with van der Waals surface area (Å²) in [7, 11) is 0. The summed E-state index contributed by atoms with van der Waals surface area (Å²) in [5.74, 6) is 0.985. The number of halogens is 2. The van der Waals surface area contributed by atoms with Gasteiger partial charge in [0.15, 0.2) is 0 Å². The van der Waals surface area contributed by atoms with Gasteiger partial charge in [0.2, 0.25) is 0 Å². The van der Waals surface area contributed by atoms with E-state index in [1.807, 2.05) is 18.2 Å². The smallest absolute Gasteiger partial charge is 0.0647 e. The fourth-order valence-corrected chi connectivity index (χ4v) is 1.04. The first kappa shape index (κ1) is 11.7. The Labute approximate surface area is 84.6 Å². The molecule has 0 amide bonds. The molecule has 12 heavy (non-hydrogen) atoms. The SMILES string of the molecule is CC(C)c1cccc(CCl)n1.Cl. The van der Waals surface area contributed by atoms with Gasteiger partial charge in [-0.3, -0.25) is 4.98 Å². The van der Waals surface area contributed by atoms with Gasteiger partial charge in [0.05, 0.1) is 11.6 Å². The Balaban J connectivity index is 0.00000121. The third-order valence-electron chi connectivity index (χ3n) is 1.56. The molecule has 1 rings (SSSR count). The Kier molecular flexibility index (Phi) is 5.27. The van der Waals surface area contributed by atoms with Crippen LogP contribution >= 0.6 is 24.0 Å². The molecule has 3 heteroatoms. The largest absolute Gasteiger partial charge is 0.256 e. The van der Waals surface area contributed by atoms with Crippen LogP contribution in [-0.4, -0.2) is 4.98 Å². The van der Waals surface area contributed by atoms with E-state index in [1.165, 1.54) is 0 Å². The van der Waals surface area contributed by atoms with Crippen molar-refractivity contribution in [2.75, 3.05) is 0 Å². The minimum Gasteiger partial charge on any atom is -0.256 e. The van der Waals surface area contributed by atoms with E-state index in [4.69, 9.17) is 11.6 Å². The Bertz CT molecular complexity index is 236. The van der Waals surface area contributed by atoms with Crippen LogP contribution in [0, 0.1) is 0 Å². The maximum Gasteiger partial charge on any atom is 0.0647 e. The first-order chi connectivity index (χ1) is 5.24. The van der Waals surface area contributed by atoms with Crippen molar-refractivity contribution in [1.29, 1.82) is 0 Å². The molecule has 0 bridgehead atoms. The van der Waals surface area contributed by atoms with E-state index >= 15 is 0 Å². The van der Waals surface area contributed by atoms with Crippen LogP contribution in [0.1, 0.15) is 31.2 Å². The van der Waals surface area contributed by atoms with Gasteiger partial charge >= 0.3 is 0 Å². The van der Waals surface area contributed by atoms with Gasteiger partial charge in [0.25, 0.3) is 0 Å². The average molecular weight is 206 g/mol. The van der Waals surface area contributed by atoms with Gasteiger partial charge in [0, 0.05) is 5.69 Å². The summed E-state index contributed by atoms with van der Waals surface area (Å²) in [6, 6.07) is 5.97. The lowest BCUT2D eigenvalue weighted by atomic mass is 10.1. The number of hydrogen-bond acceptors (Lipinski definition) is 1. The molecule has 0 saturated carbocycles. The van der Waals surface area contributed by atoms with Crippen molar-refractivity contribution in [2.24, 2.45) is 0 Å². The van der Waals surface area contributed by atoms with Gasteiger partial charge in [-0.15, -0.1) is 24.0 Å². The monoisotopic (exact) mass is 205 g/mol. The number of aromatic nitrogens is 1. The summed E-state index contributed by atoms with van der Waals surface area (Å²) in [4.78, 5) is 4.36. The highest BCUT2D eigenvalue weighted by atomic mass is 35.5. The molecule has 0 aromatic carbocycles. The van der Waals surface area contributed by atoms with E-state index in [-0.39, 0.29) is 12.4 Å². The lowest BCUT2D eigenvalue weighted by molar-refractivity contribution is 0.814. The van der Waals surface area contributed by atoms with Crippen LogP contribution in [0.15, 0.2) is 18.2 Å². The quantitative estimate of drug-likeness (QED) is 0.676. The standard InChI is InChI=1S/C9H12ClN.ClH/c1-7(2)9-5-3-4-8(6-10)11-9;/h3-5,7H,6H2,1-2H3;1H. The molecule has 1 aromatic heterocycles. The van der Waals surface area contributed by atoms with Crippen LogP contribution in [0.3, 0.4) is 0 Å². The Morgan fingerprint density at radius 3 is 2.58 bits per heavy atom. The first-order valence-corrected chi connectivity index (χ1v) is 4.29. The Morgan fingerprint density at radius 1 is 1.42 bits per heavy atom. The predicted octanol–water partition coefficient (Wildman–Crippen LogP) is 3.37. The van der Waals surface area contributed by atoms with E-state index in [2.05, 4.69) is 18.8 Å². The van der Waals surface area contributed by atoms with Crippen molar-refractivity contribution < 1.29 is 0 Å². The number of alkyl halides is 1. The molecule has 0 aliphatic heterocycles. The number of nitrogens with zero attached hydrogens (tertiary/aromatic N) is 1. The van der Waals surface area contributed by atoms with Gasteiger partial charge in [-0.2, -0.15) is 0 Å². The number of rotatable bonds is 2. The minimum atomic E-state index is 0. The fourth-order valence-electron chi connectivity index (χ4n) is 0.894. The average Bonchev–Trinajstić information content (AvgIpc) is 2.05. The molecule has 0 atom stereocenters. The molecule has 0 N–H and O–H groups in total. The van der Waals surface area contributed by atoms with E-state index in [9.17, 15) is 0 Å². The topological polar surface area (TPSA) is 12.9 Å². The maximum absolute atomic E-state index is 5.64. The van der Waals surface area contributed by atoms with Crippen molar-refractivity contribution >= 4 is 24.0 Å². The predicted molar refractivity (Wildman–Crippen MR) is 55.1 cm³/mol. The molecule has 1 nitrogen and oxygen atoms in total. The molecule has 0 saturated heterocycles. The number of hydrogen-bond donors (Lipinski definition) is 0. The van der Waals surface area contributed by atoms with E-state index in [0.29, 0.717) is 11.8 Å². The highest BCUT2D eigenvalue weighted by molar-refractivity contribution is 6.16. The van der Waals surface area contributed by atoms with Crippen LogP contribution in [0.5, 0.6) is 0 Å². The molecule has 0 spiro atoms. The zero-order valence-corrected chi connectivity index (χ0v) is 8.82. The van der Waals surface area contributed by atoms with Crippen LogP contribution in [0.2, 0.25) is 0 Å². The summed E-state index contributed by atoms with van der Waals surface area (Å²) in [5.41, 5.74) is 2.07. The first-order valence-electron chi connectivity index (χ1n) is 3.76. The normalized spacial score (nSPS) is 9.67. The van der Waals surface area contributed by atoms with Crippen molar-refractivity contribution in [3.63, 3.8) is 0 Å². The Hall–Kier alpha value is -0.270.